The smallest absolute Gasteiger partial charge is 0.306 e. The van der Waals surface area contributed by atoms with E-state index in [1.54, 1.807) is 0 Å². The number of carbonyl (C=O) groups is 3. The number of esters is 3. The number of ether oxygens (including phenoxy) is 3. The van der Waals surface area contributed by atoms with E-state index in [1.165, 1.54) is 135 Å². The van der Waals surface area contributed by atoms with Crippen LogP contribution in [0.5, 0.6) is 0 Å². The molecular weight excluding hydrogens is 901 g/mol. The highest BCUT2D eigenvalue weighted by Crippen LogP contribution is 2.15. The average Bonchev–Trinajstić information content (AvgIpc) is 3.39. The summed E-state index contributed by atoms with van der Waals surface area (Å²) in [6.07, 6.45) is 81.3. The van der Waals surface area contributed by atoms with Crippen molar-refractivity contribution in [3.8, 4) is 0 Å². The Balaban J connectivity index is 4.25. The highest BCUT2D eigenvalue weighted by atomic mass is 16.6. The van der Waals surface area contributed by atoms with Crippen molar-refractivity contribution >= 4 is 17.9 Å². The van der Waals surface area contributed by atoms with Crippen LogP contribution in [0, 0.1) is 0 Å². The maximum Gasteiger partial charge on any atom is 0.306 e. The van der Waals surface area contributed by atoms with E-state index in [0.717, 1.165) is 116 Å². The standard InChI is InChI=1S/C67H114O6/c1-4-7-10-13-16-19-22-24-26-27-28-29-30-31-32-33-34-35-36-37-38-39-41-42-45-48-51-54-57-60-66(69)72-63-64(62-71-65(68)59-56-53-50-47-44-21-18-15-12-9-6-3)73-67(70)61-58-55-52-49-46-43-40-25-23-20-17-14-11-8-5-2/h7,10,15-16,18-19,24-26,28-29,31-32,34-35,40,64H,4-6,8-9,11-14,17,20-23,27,30,33,36-39,41-63H2,1-3H3/b10-7-,18-15-,19-16-,26-24-,29-28-,32-31-,35-34-,40-25-. The van der Waals surface area contributed by atoms with E-state index in [0.29, 0.717) is 19.3 Å². The van der Waals surface area contributed by atoms with E-state index in [-0.39, 0.29) is 31.1 Å². The SMILES string of the molecule is CC/C=C\C/C=C\C/C=C\C/C=C\C/C=C\C/C=C\CCCCCCCCCCCCC(=O)OCC(COC(=O)CCCCCCC/C=C\CCCC)OC(=O)CCCCCCC/C=C\CCCCCCCC. The van der Waals surface area contributed by atoms with Gasteiger partial charge in [0.2, 0.25) is 0 Å². The van der Waals surface area contributed by atoms with E-state index >= 15 is 0 Å². The Bertz CT molecular complexity index is 1440. The van der Waals surface area contributed by atoms with Crippen LogP contribution in [0.4, 0.5) is 0 Å². The Morgan fingerprint density at radius 3 is 0.890 bits per heavy atom. The van der Waals surface area contributed by atoms with Gasteiger partial charge in [0.1, 0.15) is 13.2 Å². The second-order valence-electron chi connectivity index (χ2n) is 20.2. The van der Waals surface area contributed by atoms with Gasteiger partial charge in [0.25, 0.3) is 0 Å². The van der Waals surface area contributed by atoms with Gasteiger partial charge in [-0.1, -0.05) is 253 Å². The minimum Gasteiger partial charge on any atom is -0.462 e. The van der Waals surface area contributed by atoms with E-state index in [9.17, 15) is 14.4 Å². The van der Waals surface area contributed by atoms with Crippen molar-refractivity contribution in [3.05, 3.63) is 97.2 Å². The fourth-order valence-electron chi connectivity index (χ4n) is 8.42. The first-order valence-corrected chi connectivity index (χ1v) is 30.7. The van der Waals surface area contributed by atoms with Crippen LogP contribution < -0.4 is 0 Å². The van der Waals surface area contributed by atoms with Crippen molar-refractivity contribution < 1.29 is 28.6 Å². The van der Waals surface area contributed by atoms with Gasteiger partial charge in [0.15, 0.2) is 6.10 Å². The van der Waals surface area contributed by atoms with E-state index in [2.05, 4.69) is 118 Å². The summed E-state index contributed by atoms with van der Waals surface area (Å²) in [6, 6.07) is 0. The first kappa shape index (κ1) is 69.3. The van der Waals surface area contributed by atoms with E-state index in [1.807, 2.05) is 0 Å². The minimum absolute atomic E-state index is 0.0848. The second kappa shape index (κ2) is 60.9. The minimum atomic E-state index is -0.787. The summed E-state index contributed by atoms with van der Waals surface area (Å²) >= 11 is 0. The monoisotopic (exact) mass is 1010 g/mol. The van der Waals surface area contributed by atoms with Gasteiger partial charge in [-0.3, -0.25) is 14.4 Å². The Morgan fingerprint density at radius 1 is 0.288 bits per heavy atom. The molecule has 0 saturated carbocycles. The maximum absolute atomic E-state index is 12.8. The van der Waals surface area contributed by atoms with E-state index < -0.39 is 6.10 Å². The molecule has 0 heterocycles. The number of allylic oxidation sites excluding steroid dienone is 16. The van der Waals surface area contributed by atoms with Gasteiger partial charge in [0.05, 0.1) is 0 Å². The zero-order valence-corrected chi connectivity index (χ0v) is 47.9. The van der Waals surface area contributed by atoms with Gasteiger partial charge in [-0.05, 0) is 116 Å². The fourth-order valence-corrected chi connectivity index (χ4v) is 8.42. The molecule has 0 aromatic heterocycles. The quantitative estimate of drug-likeness (QED) is 0.0261. The van der Waals surface area contributed by atoms with Crippen molar-refractivity contribution in [2.24, 2.45) is 0 Å². The van der Waals surface area contributed by atoms with Crippen LogP contribution in [-0.2, 0) is 28.6 Å². The number of rotatable bonds is 55. The average molecular weight is 1020 g/mol. The van der Waals surface area contributed by atoms with Crippen LogP contribution >= 0.6 is 0 Å². The molecule has 0 rings (SSSR count). The molecule has 1 unspecified atom stereocenters. The van der Waals surface area contributed by atoms with Crippen LogP contribution in [0.25, 0.3) is 0 Å². The summed E-state index contributed by atoms with van der Waals surface area (Å²) in [7, 11) is 0. The molecule has 0 N–H and O–H groups in total. The lowest BCUT2D eigenvalue weighted by atomic mass is 10.1. The van der Waals surface area contributed by atoms with Gasteiger partial charge in [-0.25, -0.2) is 0 Å². The van der Waals surface area contributed by atoms with Gasteiger partial charge < -0.3 is 14.2 Å². The number of hydrogen-bond donors (Lipinski definition) is 0. The molecule has 0 spiro atoms. The predicted molar refractivity (Wildman–Crippen MR) is 316 cm³/mol. The molecule has 6 heteroatoms. The zero-order valence-electron chi connectivity index (χ0n) is 47.9. The second-order valence-corrected chi connectivity index (χ2v) is 20.2. The highest BCUT2D eigenvalue weighted by molar-refractivity contribution is 5.71. The molecule has 0 radical (unpaired) electrons. The topological polar surface area (TPSA) is 78.9 Å². The molecule has 0 aromatic carbocycles. The molecule has 73 heavy (non-hydrogen) atoms. The van der Waals surface area contributed by atoms with Crippen LogP contribution in [0.3, 0.4) is 0 Å². The first-order valence-electron chi connectivity index (χ1n) is 30.7. The third-order valence-corrected chi connectivity index (χ3v) is 13.0. The van der Waals surface area contributed by atoms with Crippen LogP contribution in [0.2, 0.25) is 0 Å². The summed E-state index contributed by atoms with van der Waals surface area (Å²) in [5.41, 5.74) is 0. The molecule has 0 aliphatic carbocycles. The third kappa shape index (κ3) is 59.1. The summed E-state index contributed by atoms with van der Waals surface area (Å²) in [4.78, 5) is 38.2. The lowest BCUT2D eigenvalue weighted by Gasteiger charge is -2.18. The molecule has 0 amide bonds. The summed E-state index contributed by atoms with van der Waals surface area (Å²) < 4.78 is 16.9. The van der Waals surface area contributed by atoms with Gasteiger partial charge in [-0.15, -0.1) is 0 Å². The summed E-state index contributed by atoms with van der Waals surface area (Å²) in [6.45, 7) is 6.48. The highest BCUT2D eigenvalue weighted by Gasteiger charge is 2.19. The maximum atomic E-state index is 12.8. The number of hydrogen-bond acceptors (Lipinski definition) is 6. The Morgan fingerprint density at radius 2 is 0.548 bits per heavy atom. The molecule has 0 aliphatic rings. The van der Waals surface area contributed by atoms with Gasteiger partial charge in [-0.2, -0.15) is 0 Å². The first-order chi connectivity index (χ1) is 36.0. The van der Waals surface area contributed by atoms with Crippen molar-refractivity contribution in [3.63, 3.8) is 0 Å². The Labute approximate surface area is 451 Å². The van der Waals surface area contributed by atoms with Gasteiger partial charge in [0, 0.05) is 19.3 Å². The zero-order chi connectivity index (χ0) is 52.9. The normalized spacial score (nSPS) is 12.8. The van der Waals surface area contributed by atoms with Crippen LogP contribution in [-0.4, -0.2) is 37.2 Å². The molecule has 0 saturated heterocycles. The summed E-state index contributed by atoms with van der Waals surface area (Å²) in [5, 5.41) is 0. The third-order valence-electron chi connectivity index (χ3n) is 13.0. The van der Waals surface area contributed by atoms with Crippen LogP contribution in [0.15, 0.2) is 97.2 Å². The van der Waals surface area contributed by atoms with Gasteiger partial charge >= 0.3 is 17.9 Å². The molecule has 418 valence electrons. The summed E-state index contributed by atoms with van der Waals surface area (Å²) in [5.74, 6) is -0.902. The molecular formula is C67H114O6. The molecule has 0 fully saturated rings. The molecule has 0 aliphatic heterocycles. The van der Waals surface area contributed by atoms with Crippen LogP contribution in [0.1, 0.15) is 290 Å². The molecule has 0 aromatic rings. The number of carbonyl (C=O) groups excluding carboxylic acids is 3. The predicted octanol–water partition coefficient (Wildman–Crippen LogP) is 20.9. The van der Waals surface area contributed by atoms with Crippen molar-refractivity contribution in [1.82, 2.24) is 0 Å². The molecule has 0 bridgehead atoms. The largest absolute Gasteiger partial charge is 0.462 e. The number of unbranched alkanes of at least 4 members (excludes halogenated alkanes) is 28. The Hall–Kier alpha value is -3.67. The molecule has 6 nitrogen and oxygen atoms in total. The van der Waals surface area contributed by atoms with Crippen molar-refractivity contribution in [1.29, 1.82) is 0 Å². The fraction of sp³-hybridized carbons (Fsp3) is 0.716. The van der Waals surface area contributed by atoms with Crippen molar-refractivity contribution in [2.75, 3.05) is 13.2 Å². The van der Waals surface area contributed by atoms with Crippen molar-refractivity contribution in [2.45, 2.75) is 297 Å². The Kier molecular flexibility index (Phi) is 57.8. The lowest BCUT2D eigenvalue weighted by molar-refractivity contribution is -0.167. The molecule has 1 atom stereocenters. The van der Waals surface area contributed by atoms with E-state index in [4.69, 9.17) is 14.2 Å². The lowest BCUT2D eigenvalue weighted by Crippen LogP contribution is -2.30.